The van der Waals surface area contributed by atoms with Crippen molar-refractivity contribution in [2.24, 2.45) is 11.1 Å². The van der Waals surface area contributed by atoms with Crippen molar-refractivity contribution in [1.82, 2.24) is 9.97 Å². The molecule has 0 aliphatic heterocycles. The number of carbonyl (C=O) groups excluding carboxylic acids is 1. The SMILES string of the molecule is CC(C)(C)C(c1csc2ccccc12)[C@@H](OC(N)=O)c1nc(-c2ccccc2)c[nH]1. The molecule has 2 aromatic carbocycles. The maximum atomic E-state index is 11.9. The van der Waals surface area contributed by atoms with Crippen LogP contribution in [0.3, 0.4) is 0 Å². The van der Waals surface area contributed by atoms with Crippen LogP contribution in [0.4, 0.5) is 4.79 Å². The highest BCUT2D eigenvalue weighted by atomic mass is 32.1. The summed E-state index contributed by atoms with van der Waals surface area (Å²) in [5.74, 6) is 0.443. The number of hydrogen-bond acceptors (Lipinski definition) is 4. The summed E-state index contributed by atoms with van der Waals surface area (Å²) >= 11 is 1.69. The zero-order chi connectivity index (χ0) is 21.3. The first-order valence-electron chi connectivity index (χ1n) is 9.87. The van der Waals surface area contributed by atoms with E-state index >= 15 is 0 Å². The van der Waals surface area contributed by atoms with Gasteiger partial charge >= 0.3 is 6.09 Å². The van der Waals surface area contributed by atoms with Crippen molar-refractivity contribution in [2.75, 3.05) is 0 Å². The van der Waals surface area contributed by atoms with Gasteiger partial charge in [0.2, 0.25) is 0 Å². The number of aromatic nitrogens is 2. The van der Waals surface area contributed by atoms with E-state index < -0.39 is 12.2 Å². The number of imidazole rings is 1. The van der Waals surface area contributed by atoms with Gasteiger partial charge in [0.15, 0.2) is 6.10 Å². The Morgan fingerprint density at radius 3 is 2.50 bits per heavy atom. The monoisotopic (exact) mass is 419 g/mol. The maximum absolute atomic E-state index is 11.9. The number of nitrogens with one attached hydrogen (secondary N) is 1. The van der Waals surface area contributed by atoms with Gasteiger partial charge in [0, 0.05) is 22.4 Å². The molecule has 1 amide bonds. The molecule has 0 bridgehead atoms. The average molecular weight is 420 g/mol. The first-order chi connectivity index (χ1) is 14.3. The van der Waals surface area contributed by atoms with Gasteiger partial charge in [-0.3, -0.25) is 0 Å². The number of H-pyrrole nitrogens is 1. The van der Waals surface area contributed by atoms with Crippen LogP contribution in [0.5, 0.6) is 0 Å². The molecule has 0 saturated heterocycles. The second kappa shape index (κ2) is 7.95. The van der Waals surface area contributed by atoms with E-state index in [9.17, 15) is 4.79 Å². The molecular formula is C24H25N3O2S. The minimum atomic E-state index is -0.813. The minimum Gasteiger partial charge on any atom is -0.438 e. The Bertz CT molecular complexity index is 1160. The molecule has 6 heteroatoms. The van der Waals surface area contributed by atoms with Gasteiger partial charge in [0.1, 0.15) is 5.82 Å². The Labute approximate surface area is 179 Å². The van der Waals surface area contributed by atoms with Crippen molar-refractivity contribution < 1.29 is 9.53 Å². The number of benzene rings is 2. The highest BCUT2D eigenvalue weighted by Crippen LogP contribution is 2.48. The van der Waals surface area contributed by atoms with E-state index in [4.69, 9.17) is 15.5 Å². The van der Waals surface area contributed by atoms with Crippen molar-refractivity contribution in [3.05, 3.63) is 77.6 Å². The number of nitrogens with two attached hydrogens (primary N) is 1. The molecule has 1 unspecified atom stereocenters. The van der Waals surface area contributed by atoms with Gasteiger partial charge in [0.05, 0.1) is 5.69 Å². The second-order valence-electron chi connectivity index (χ2n) is 8.43. The largest absolute Gasteiger partial charge is 0.438 e. The molecule has 154 valence electrons. The van der Waals surface area contributed by atoms with Gasteiger partial charge in [-0.15, -0.1) is 11.3 Å². The molecule has 0 spiro atoms. The van der Waals surface area contributed by atoms with Crippen LogP contribution < -0.4 is 5.73 Å². The third-order valence-electron chi connectivity index (χ3n) is 5.26. The summed E-state index contributed by atoms with van der Waals surface area (Å²) in [4.78, 5) is 19.9. The predicted molar refractivity (Wildman–Crippen MR) is 121 cm³/mol. The van der Waals surface area contributed by atoms with Crippen LogP contribution in [0.25, 0.3) is 21.3 Å². The number of primary amides is 1. The molecule has 2 heterocycles. The number of carbonyl (C=O) groups is 1. The Balaban J connectivity index is 1.83. The molecule has 3 N–H and O–H groups in total. The summed E-state index contributed by atoms with van der Waals surface area (Å²) in [7, 11) is 0. The highest BCUT2D eigenvalue weighted by Gasteiger charge is 2.40. The van der Waals surface area contributed by atoms with Gasteiger partial charge in [-0.1, -0.05) is 69.3 Å². The first kappa shape index (κ1) is 20.2. The number of amides is 1. The maximum Gasteiger partial charge on any atom is 0.405 e. The van der Waals surface area contributed by atoms with E-state index in [0.29, 0.717) is 5.82 Å². The topological polar surface area (TPSA) is 81.0 Å². The summed E-state index contributed by atoms with van der Waals surface area (Å²) in [5, 5.41) is 3.31. The summed E-state index contributed by atoms with van der Waals surface area (Å²) in [6.45, 7) is 6.42. The Morgan fingerprint density at radius 2 is 1.80 bits per heavy atom. The van der Waals surface area contributed by atoms with Crippen LogP contribution in [-0.4, -0.2) is 16.1 Å². The van der Waals surface area contributed by atoms with Gasteiger partial charge < -0.3 is 15.5 Å². The number of ether oxygens (including phenoxy) is 1. The molecule has 0 fully saturated rings. The third-order valence-corrected chi connectivity index (χ3v) is 6.24. The lowest BCUT2D eigenvalue weighted by Crippen LogP contribution is -2.30. The molecule has 5 nitrogen and oxygen atoms in total. The molecule has 0 aliphatic carbocycles. The lowest BCUT2D eigenvalue weighted by molar-refractivity contribution is 0.0536. The van der Waals surface area contributed by atoms with Crippen molar-refractivity contribution in [2.45, 2.75) is 32.8 Å². The fourth-order valence-corrected chi connectivity index (χ4v) is 4.97. The molecule has 4 aromatic rings. The first-order valence-corrected chi connectivity index (χ1v) is 10.8. The molecule has 0 radical (unpaired) electrons. The molecule has 4 rings (SSSR count). The molecule has 0 aliphatic rings. The zero-order valence-corrected chi connectivity index (χ0v) is 18.1. The van der Waals surface area contributed by atoms with Crippen molar-refractivity contribution in [3.63, 3.8) is 0 Å². The summed E-state index contributed by atoms with van der Waals surface area (Å²) in [5.41, 5.74) is 8.20. The number of nitrogens with zero attached hydrogens (tertiary/aromatic N) is 1. The van der Waals surface area contributed by atoms with Crippen LogP contribution in [0.2, 0.25) is 0 Å². The predicted octanol–water partition coefficient (Wildman–Crippen LogP) is 6.26. The van der Waals surface area contributed by atoms with Gasteiger partial charge in [-0.2, -0.15) is 0 Å². The number of hydrogen-bond donors (Lipinski definition) is 2. The van der Waals surface area contributed by atoms with Crippen molar-refractivity contribution in [1.29, 1.82) is 0 Å². The number of aromatic amines is 1. The molecule has 2 atom stereocenters. The fourth-order valence-electron chi connectivity index (χ4n) is 3.97. The molecule has 2 aromatic heterocycles. The van der Waals surface area contributed by atoms with Gasteiger partial charge in [-0.25, -0.2) is 9.78 Å². The minimum absolute atomic E-state index is 0.143. The van der Waals surface area contributed by atoms with E-state index in [-0.39, 0.29) is 11.3 Å². The third kappa shape index (κ3) is 3.96. The number of rotatable bonds is 5. The Hall–Kier alpha value is -3.12. The molecular weight excluding hydrogens is 394 g/mol. The standard InChI is InChI=1S/C24H25N3O2S/c1-24(2,3)20(17-14-30-19-12-8-7-11-16(17)19)21(29-23(25)28)22-26-13-18(27-22)15-9-5-4-6-10-15/h4-14,20-21H,1-3H3,(H2,25,28)(H,26,27)/t20?,21-/m1/s1. The lowest BCUT2D eigenvalue weighted by atomic mass is 9.73. The van der Waals surface area contributed by atoms with E-state index in [0.717, 1.165) is 22.2 Å². The van der Waals surface area contributed by atoms with Crippen molar-refractivity contribution in [3.8, 4) is 11.3 Å². The van der Waals surface area contributed by atoms with E-state index in [1.807, 2.05) is 48.7 Å². The summed E-state index contributed by atoms with van der Waals surface area (Å²) in [6, 6.07) is 18.2. The van der Waals surface area contributed by atoms with Gasteiger partial charge in [-0.05, 0) is 27.8 Å². The zero-order valence-electron chi connectivity index (χ0n) is 17.3. The van der Waals surface area contributed by atoms with E-state index in [1.54, 1.807) is 11.3 Å². The molecule has 30 heavy (non-hydrogen) atoms. The number of thiophene rings is 1. The average Bonchev–Trinajstić information content (AvgIpc) is 3.35. The number of fused-ring (bicyclic) bond motifs is 1. The van der Waals surface area contributed by atoms with Crippen LogP contribution >= 0.6 is 11.3 Å². The van der Waals surface area contributed by atoms with Gasteiger partial charge in [0.25, 0.3) is 0 Å². The molecule has 0 saturated carbocycles. The fraction of sp³-hybridized carbons (Fsp3) is 0.250. The van der Waals surface area contributed by atoms with E-state index in [2.05, 4.69) is 43.3 Å². The summed E-state index contributed by atoms with van der Waals surface area (Å²) < 4.78 is 6.89. The lowest BCUT2D eigenvalue weighted by Gasteiger charge is -2.35. The van der Waals surface area contributed by atoms with Crippen LogP contribution in [0.1, 0.15) is 44.2 Å². The highest BCUT2D eigenvalue weighted by molar-refractivity contribution is 7.17. The Morgan fingerprint density at radius 1 is 1.10 bits per heavy atom. The van der Waals surface area contributed by atoms with Crippen LogP contribution in [0.15, 0.2) is 66.2 Å². The Kier molecular flexibility index (Phi) is 5.35. The smallest absolute Gasteiger partial charge is 0.405 e. The quantitative estimate of drug-likeness (QED) is 0.401. The van der Waals surface area contributed by atoms with Crippen LogP contribution in [-0.2, 0) is 4.74 Å². The second-order valence-corrected chi connectivity index (χ2v) is 9.34. The summed E-state index contributed by atoms with van der Waals surface area (Å²) in [6.07, 6.45) is 0.386. The van der Waals surface area contributed by atoms with Crippen molar-refractivity contribution >= 4 is 27.5 Å². The van der Waals surface area contributed by atoms with E-state index in [1.165, 1.54) is 4.70 Å². The van der Waals surface area contributed by atoms with Crippen LogP contribution in [0, 0.1) is 5.41 Å². The normalized spacial score (nSPS) is 13.8.